The molecule has 1 fully saturated rings. The molecule has 110 valence electrons. The zero-order valence-corrected chi connectivity index (χ0v) is 12.9. The Bertz CT molecular complexity index is 411. The van der Waals surface area contributed by atoms with E-state index < -0.39 is 33.4 Å². The van der Waals surface area contributed by atoms with Crippen molar-refractivity contribution in [3.63, 3.8) is 0 Å². The van der Waals surface area contributed by atoms with Crippen LogP contribution in [0.2, 0.25) is 0 Å². The lowest BCUT2D eigenvalue weighted by atomic mass is 10.2. The molecule has 2 unspecified atom stereocenters. The fraction of sp³-hybridized carbons (Fsp3) is 0.833. The highest BCUT2D eigenvalue weighted by Crippen LogP contribution is 2.52. The molecule has 0 aromatic rings. The predicted octanol–water partition coefficient (Wildman–Crippen LogP) is 1.15. The van der Waals surface area contributed by atoms with E-state index >= 15 is 0 Å². The van der Waals surface area contributed by atoms with E-state index in [4.69, 9.17) is 9.57 Å². The minimum atomic E-state index is -1.98. The minimum Gasteiger partial charge on any atom is -0.479 e. The van der Waals surface area contributed by atoms with Crippen molar-refractivity contribution in [3.8, 4) is 0 Å². The van der Waals surface area contributed by atoms with Crippen molar-refractivity contribution < 1.29 is 24.3 Å². The van der Waals surface area contributed by atoms with Crippen molar-refractivity contribution in [2.45, 2.75) is 63.2 Å². The Balaban J connectivity index is 2.98. The Labute approximate surface area is 118 Å². The van der Waals surface area contributed by atoms with E-state index in [2.05, 4.69) is 18.1 Å². The summed E-state index contributed by atoms with van der Waals surface area (Å²) in [7, 11) is 0. The molecule has 6 nitrogen and oxygen atoms in total. The van der Waals surface area contributed by atoms with Crippen LogP contribution in [0.25, 0.3) is 0 Å². The first-order chi connectivity index (χ1) is 8.26. The first kappa shape index (κ1) is 16.4. The molecule has 0 spiro atoms. The molecule has 0 amide bonds. The minimum absolute atomic E-state index is 0.651. The van der Waals surface area contributed by atoms with E-state index in [-0.39, 0.29) is 0 Å². The predicted molar refractivity (Wildman–Crippen MR) is 71.9 cm³/mol. The lowest BCUT2D eigenvalue weighted by Crippen LogP contribution is -2.50. The van der Waals surface area contributed by atoms with Gasteiger partial charge in [-0.3, -0.25) is 9.63 Å². The van der Waals surface area contributed by atoms with Crippen molar-refractivity contribution >= 4 is 24.4 Å². The average molecular weight is 291 g/mol. The van der Waals surface area contributed by atoms with Crippen LogP contribution in [-0.2, 0) is 19.2 Å². The second kappa shape index (κ2) is 4.44. The standard InChI is InChI=1S/C12H21NO5S/c1-9(2,3)17-12(19)7(14)11(12,8(15)16)13-18-10(4,5)6/h13,19H,1-6H3,(H,15,16). The number of Topliss-reactive ketones (excluding diaryl/α,β-unsaturated/α-hetero) is 1. The Morgan fingerprint density at radius 1 is 1.21 bits per heavy atom. The lowest BCUT2D eigenvalue weighted by molar-refractivity contribution is -0.161. The van der Waals surface area contributed by atoms with E-state index in [1.807, 2.05) is 0 Å². The molecule has 0 aromatic carbocycles. The first-order valence-electron chi connectivity index (χ1n) is 5.92. The normalized spacial score (nSPS) is 31.4. The van der Waals surface area contributed by atoms with Gasteiger partial charge in [-0.2, -0.15) is 5.48 Å². The summed E-state index contributed by atoms with van der Waals surface area (Å²) in [5.41, 5.74) is -1.01. The van der Waals surface area contributed by atoms with E-state index in [9.17, 15) is 14.7 Å². The summed E-state index contributed by atoms with van der Waals surface area (Å²) in [5, 5.41) is 9.31. The number of carbonyl (C=O) groups is 2. The van der Waals surface area contributed by atoms with Gasteiger partial charge in [-0.05, 0) is 41.5 Å². The number of hydrogen-bond acceptors (Lipinski definition) is 6. The second-order valence-corrected chi connectivity index (χ2v) is 7.19. The number of hydrogen-bond donors (Lipinski definition) is 3. The topological polar surface area (TPSA) is 84.9 Å². The monoisotopic (exact) mass is 291 g/mol. The number of carbonyl (C=O) groups excluding carboxylic acids is 1. The van der Waals surface area contributed by atoms with Gasteiger partial charge in [0.25, 0.3) is 0 Å². The molecular weight excluding hydrogens is 270 g/mol. The molecule has 0 aromatic heterocycles. The number of rotatable bonds is 4. The van der Waals surface area contributed by atoms with E-state index in [1.54, 1.807) is 41.5 Å². The Morgan fingerprint density at radius 2 is 1.68 bits per heavy atom. The van der Waals surface area contributed by atoms with Gasteiger partial charge in [-0.1, -0.05) is 0 Å². The highest BCUT2D eigenvalue weighted by Gasteiger charge is 2.85. The van der Waals surface area contributed by atoms with Crippen LogP contribution in [0.4, 0.5) is 0 Å². The number of carboxylic acid groups (broad SMARTS) is 1. The van der Waals surface area contributed by atoms with Crippen LogP contribution in [0.5, 0.6) is 0 Å². The van der Waals surface area contributed by atoms with Gasteiger partial charge in [0, 0.05) is 0 Å². The third kappa shape index (κ3) is 2.94. The first-order valence-corrected chi connectivity index (χ1v) is 6.37. The Kier molecular flexibility index (Phi) is 3.84. The van der Waals surface area contributed by atoms with Crippen molar-refractivity contribution in [3.05, 3.63) is 0 Å². The molecule has 7 heteroatoms. The molecule has 0 heterocycles. The van der Waals surface area contributed by atoms with Crippen LogP contribution in [-0.4, -0.2) is 38.5 Å². The molecule has 1 rings (SSSR count). The number of hydroxylamine groups is 1. The maximum absolute atomic E-state index is 12.0. The summed E-state index contributed by atoms with van der Waals surface area (Å²) in [6.07, 6.45) is 0. The summed E-state index contributed by atoms with van der Waals surface area (Å²) in [5.74, 6) is -2.05. The number of ketones is 1. The Morgan fingerprint density at radius 3 is 2.00 bits per heavy atom. The molecule has 1 saturated carbocycles. The number of thiol groups is 1. The van der Waals surface area contributed by atoms with Crippen LogP contribution in [0.15, 0.2) is 0 Å². The molecule has 0 saturated heterocycles. The number of carboxylic acids is 1. The smallest absolute Gasteiger partial charge is 0.338 e. The van der Waals surface area contributed by atoms with Crippen molar-refractivity contribution in [2.24, 2.45) is 0 Å². The van der Waals surface area contributed by atoms with Gasteiger partial charge in [0.1, 0.15) is 0 Å². The van der Waals surface area contributed by atoms with Gasteiger partial charge in [0.2, 0.25) is 16.3 Å². The van der Waals surface area contributed by atoms with Crippen LogP contribution >= 0.6 is 12.6 Å². The zero-order valence-electron chi connectivity index (χ0n) is 12.0. The van der Waals surface area contributed by atoms with Crippen molar-refractivity contribution in [1.29, 1.82) is 0 Å². The maximum Gasteiger partial charge on any atom is 0.338 e. The molecule has 2 atom stereocenters. The van der Waals surface area contributed by atoms with Gasteiger partial charge in [-0.25, -0.2) is 4.79 Å². The Hall–Kier alpha value is -0.630. The van der Waals surface area contributed by atoms with Crippen LogP contribution in [0.3, 0.4) is 0 Å². The van der Waals surface area contributed by atoms with E-state index in [1.165, 1.54) is 0 Å². The summed E-state index contributed by atoms with van der Waals surface area (Å²) in [4.78, 5) is 26.9. The number of aliphatic carboxylic acids is 1. The summed E-state index contributed by atoms with van der Waals surface area (Å²) in [6, 6.07) is 0. The third-order valence-electron chi connectivity index (χ3n) is 2.38. The molecule has 19 heavy (non-hydrogen) atoms. The lowest BCUT2D eigenvalue weighted by Gasteiger charge is -2.27. The number of nitrogens with one attached hydrogen (secondary N) is 1. The fourth-order valence-corrected chi connectivity index (χ4v) is 2.17. The molecule has 2 N–H and O–H groups in total. The molecular formula is C12H21NO5S. The van der Waals surface area contributed by atoms with Gasteiger partial charge < -0.3 is 9.84 Å². The van der Waals surface area contributed by atoms with Gasteiger partial charge in [0.15, 0.2) is 0 Å². The van der Waals surface area contributed by atoms with Gasteiger partial charge in [0.05, 0.1) is 11.2 Å². The van der Waals surface area contributed by atoms with Crippen molar-refractivity contribution in [2.75, 3.05) is 0 Å². The quantitative estimate of drug-likeness (QED) is 0.312. The van der Waals surface area contributed by atoms with E-state index in [0.29, 0.717) is 0 Å². The molecule has 0 aliphatic heterocycles. The second-order valence-electron chi connectivity index (χ2n) is 6.56. The van der Waals surface area contributed by atoms with Gasteiger partial charge in [-0.15, -0.1) is 12.6 Å². The summed E-state index contributed by atoms with van der Waals surface area (Å²) < 4.78 is 5.48. The largest absolute Gasteiger partial charge is 0.479 e. The van der Waals surface area contributed by atoms with Crippen LogP contribution in [0, 0.1) is 0 Å². The van der Waals surface area contributed by atoms with Crippen LogP contribution in [0.1, 0.15) is 41.5 Å². The van der Waals surface area contributed by atoms with Crippen LogP contribution < -0.4 is 5.48 Å². The third-order valence-corrected chi connectivity index (χ3v) is 3.01. The molecule has 0 radical (unpaired) electrons. The van der Waals surface area contributed by atoms with Crippen molar-refractivity contribution in [1.82, 2.24) is 5.48 Å². The molecule has 1 aliphatic rings. The number of ether oxygens (including phenoxy) is 1. The zero-order chi connectivity index (χ0) is 15.3. The highest BCUT2D eigenvalue weighted by molar-refractivity contribution is 7.83. The average Bonchev–Trinajstić information content (AvgIpc) is 2.56. The fourth-order valence-electron chi connectivity index (χ4n) is 1.54. The maximum atomic E-state index is 12.0. The summed E-state index contributed by atoms with van der Waals surface area (Å²) >= 11 is 4.11. The SMILES string of the molecule is CC(C)(C)ONC1(C(=O)O)C(=O)C1(S)OC(C)(C)C. The molecule has 0 bridgehead atoms. The molecule has 1 aliphatic carbocycles. The summed E-state index contributed by atoms with van der Waals surface area (Å²) in [6.45, 7) is 10.3. The van der Waals surface area contributed by atoms with Gasteiger partial charge >= 0.3 is 5.97 Å². The highest BCUT2D eigenvalue weighted by atomic mass is 32.1. The van der Waals surface area contributed by atoms with E-state index in [0.717, 1.165) is 0 Å².